The number of aromatic nitrogens is 1. The van der Waals surface area contributed by atoms with Gasteiger partial charge in [-0.25, -0.2) is 14.4 Å². The molecule has 24 heavy (non-hydrogen) atoms. The summed E-state index contributed by atoms with van der Waals surface area (Å²) in [5, 5.41) is 2.63. The third kappa shape index (κ3) is 3.87. The van der Waals surface area contributed by atoms with Crippen molar-refractivity contribution in [2.75, 3.05) is 11.9 Å². The van der Waals surface area contributed by atoms with Gasteiger partial charge in [0.15, 0.2) is 11.5 Å². The molecule has 7 heteroatoms. The molecule has 0 saturated carbocycles. The number of anilines is 1. The summed E-state index contributed by atoms with van der Waals surface area (Å²) in [5.41, 5.74) is 6.94. The standard InChI is InChI=1S/C17H17FN4O2/c18-14-2-1-9-20-15(14)16(23)21-12-6-3-11(4-7-12)5-8-13-10-24-17(19)22-13/h1-4,6-7,9,13H,5,8,10H2,(H2,19,22)(H,21,23)/t13-/m0/s1. The lowest BCUT2D eigenvalue weighted by Gasteiger charge is -2.08. The molecule has 1 amide bonds. The van der Waals surface area contributed by atoms with Crippen LogP contribution in [0.15, 0.2) is 47.6 Å². The van der Waals surface area contributed by atoms with E-state index < -0.39 is 11.7 Å². The molecule has 0 spiro atoms. The largest absolute Gasteiger partial charge is 0.463 e. The first-order valence-electron chi connectivity index (χ1n) is 7.58. The van der Waals surface area contributed by atoms with Crippen LogP contribution in [0.4, 0.5) is 10.1 Å². The van der Waals surface area contributed by atoms with Crippen molar-refractivity contribution in [3.8, 4) is 0 Å². The van der Waals surface area contributed by atoms with E-state index in [4.69, 9.17) is 10.5 Å². The highest BCUT2D eigenvalue weighted by Crippen LogP contribution is 2.15. The molecular formula is C17H17FN4O2. The van der Waals surface area contributed by atoms with E-state index in [1.165, 1.54) is 18.3 Å². The van der Waals surface area contributed by atoms with E-state index in [1.807, 2.05) is 12.1 Å². The maximum absolute atomic E-state index is 13.5. The molecule has 0 aliphatic carbocycles. The zero-order valence-corrected chi connectivity index (χ0v) is 12.9. The molecule has 0 bridgehead atoms. The lowest BCUT2D eigenvalue weighted by atomic mass is 10.1. The van der Waals surface area contributed by atoms with E-state index in [1.54, 1.807) is 12.1 Å². The van der Waals surface area contributed by atoms with Gasteiger partial charge in [0.1, 0.15) is 6.61 Å². The number of aliphatic imine (C=N–C) groups is 1. The monoisotopic (exact) mass is 328 g/mol. The fourth-order valence-electron chi connectivity index (χ4n) is 2.42. The average Bonchev–Trinajstić information content (AvgIpc) is 3.00. The lowest BCUT2D eigenvalue weighted by molar-refractivity contribution is 0.101. The van der Waals surface area contributed by atoms with Gasteiger partial charge in [0.05, 0.1) is 6.04 Å². The zero-order chi connectivity index (χ0) is 16.9. The molecule has 1 aliphatic rings. The number of rotatable bonds is 5. The van der Waals surface area contributed by atoms with Gasteiger partial charge in [0, 0.05) is 11.9 Å². The minimum atomic E-state index is -0.648. The third-order valence-electron chi connectivity index (χ3n) is 3.69. The van der Waals surface area contributed by atoms with Gasteiger partial charge in [0.2, 0.25) is 0 Å². The minimum absolute atomic E-state index is 0.0940. The Balaban J connectivity index is 1.56. The molecular weight excluding hydrogens is 311 g/mol. The number of hydrogen-bond acceptors (Lipinski definition) is 5. The molecule has 1 aromatic carbocycles. The van der Waals surface area contributed by atoms with Crippen molar-refractivity contribution in [3.63, 3.8) is 0 Å². The lowest BCUT2D eigenvalue weighted by Crippen LogP contribution is -2.15. The van der Waals surface area contributed by atoms with Crippen molar-refractivity contribution in [2.45, 2.75) is 18.9 Å². The molecule has 0 fully saturated rings. The van der Waals surface area contributed by atoms with Crippen LogP contribution in [0.3, 0.4) is 0 Å². The molecule has 3 rings (SSSR count). The highest BCUT2D eigenvalue weighted by Gasteiger charge is 2.16. The normalized spacial score (nSPS) is 16.4. The van der Waals surface area contributed by atoms with Crippen LogP contribution < -0.4 is 11.1 Å². The third-order valence-corrected chi connectivity index (χ3v) is 3.69. The first-order chi connectivity index (χ1) is 11.6. The van der Waals surface area contributed by atoms with E-state index in [0.29, 0.717) is 12.3 Å². The van der Waals surface area contributed by atoms with Gasteiger partial charge < -0.3 is 15.8 Å². The van der Waals surface area contributed by atoms with E-state index in [9.17, 15) is 9.18 Å². The summed E-state index contributed by atoms with van der Waals surface area (Å²) in [4.78, 5) is 19.9. The van der Waals surface area contributed by atoms with Crippen LogP contribution in [0.2, 0.25) is 0 Å². The highest BCUT2D eigenvalue weighted by molar-refractivity contribution is 6.02. The summed E-state index contributed by atoms with van der Waals surface area (Å²) in [5.74, 6) is -1.22. The minimum Gasteiger partial charge on any atom is -0.463 e. The second-order valence-electron chi connectivity index (χ2n) is 5.46. The molecule has 6 nitrogen and oxygen atoms in total. The van der Waals surface area contributed by atoms with Crippen molar-refractivity contribution in [3.05, 3.63) is 59.7 Å². The van der Waals surface area contributed by atoms with Gasteiger partial charge in [0.25, 0.3) is 11.9 Å². The van der Waals surface area contributed by atoms with Crippen molar-refractivity contribution >= 4 is 17.6 Å². The Bertz CT molecular complexity index is 761. The molecule has 1 atom stereocenters. The van der Waals surface area contributed by atoms with Crippen LogP contribution in [0.1, 0.15) is 22.5 Å². The summed E-state index contributed by atoms with van der Waals surface area (Å²) in [6.07, 6.45) is 3.04. The fourth-order valence-corrected chi connectivity index (χ4v) is 2.42. The number of amidine groups is 1. The van der Waals surface area contributed by atoms with Gasteiger partial charge in [-0.05, 0) is 42.7 Å². The Kier molecular flexibility index (Phi) is 4.69. The number of carbonyl (C=O) groups is 1. The SMILES string of the molecule is NC1=N[C@@H](CCc2ccc(NC(=O)c3ncccc3F)cc2)CO1. The Morgan fingerprint density at radius 3 is 2.79 bits per heavy atom. The molecule has 0 saturated heterocycles. The van der Waals surface area contributed by atoms with Gasteiger partial charge >= 0.3 is 0 Å². The predicted octanol–water partition coefficient (Wildman–Crippen LogP) is 2.12. The quantitative estimate of drug-likeness (QED) is 0.880. The van der Waals surface area contributed by atoms with Crippen LogP contribution in [-0.2, 0) is 11.2 Å². The van der Waals surface area contributed by atoms with Crippen LogP contribution in [0.5, 0.6) is 0 Å². The number of pyridine rings is 1. The number of halogens is 1. The van der Waals surface area contributed by atoms with Crippen molar-refractivity contribution in [1.82, 2.24) is 4.98 Å². The van der Waals surface area contributed by atoms with E-state index in [-0.39, 0.29) is 17.8 Å². The maximum atomic E-state index is 13.5. The number of carbonyl (C=O) groups excluding carboxylic acids is 1. The van der Waals surface area contributed by atoms with Gasteiger partial charge in [-0.15, -0.1) is 0 Å². The van der Waals surface area contributed by atoms with Crippen molar-refractivity contribution in [2.24, 2.45) is 10.7 Å². The first-order valence-corrected chi connectivity index (χ1v) is 7.58. The van der Waals surface area contributed by atoms with Crippen LogP contribution in [-0.4, -0.2) is 29.6 Å². The number of hydrogen-bond donors (Lipinski definition) is 2. The number of nitrogens with zero attached hydrogens (tertiary/aromatic N) is 2. The summed E-state index contributed by atoms with van der Waals surface area (Å²) < 4.78 is 18.6. The second-order valence-corrected chi connectivity index (χ2v) is 5.46. The highest BCUT2D eigenvalue weighted by atomic mass is 19.1. The molecule has 1 aliphatic heterocycles. The van der Waals surface area contributed by atoms with Crippen LogP contribution >= 0.6 is 0 Å². The Morgan fingerprint density at radius 1 is 1.33 bits per heavy atom. The topological polar surface area (TPSA) is 89.6 Å². The number of nitrogens with one attached hydrogen (secondary N) is 1. The number of ether oxygens (including phenoxy) is 1. The molecule has 3 N–H and O–H groups in total. The smallest absolute Gasteiger partial charge is 0.282 e. The number of aryl methyl sites for hydroxylation is 1. The van der Waals surface area contributed by atoms with Crippen LogP contribution in [0.25, 0.3) is 0 Å². The van der Waals surface area contributed by atoms with E-state index in [2.05, 4.69) is 15.3 Å². The molecule has 2 aromatic rings. The number of amides is 1. The van der Waals surface area contributed by atoms with Gasteiger partial charge in [-0.3, -0.25) is 4.79 Å². The zero-order valence-electron chi connectivity index (χ0n) is 12.9. The summed E-state index contributed by atoms with van der Waals surface area (Å²) in [6, 6.07) is 10.4. The Labute approximate surface area is 138 Å². The fraction of sp³-hybridized carbons (Fsp3) is 0.235. The average molecular weight is 328 g/mol. The molecule has 1 aromatic heterocycles. The summed E-state index contributed by atoms with van der Waals surface area (Å²) in [6.45, 7) is 0.523. The number of benzene rings is 1. The molecule has 0 unspecified atom stereocenters. The first kappa shape index (κ1) is 15.9. The Hall–Kier alpha value is -2.96. The van der Waals surface area contributed by atoms with Gasteiger partial charge in [-0.1, -0.05) is 12.1 Å². The van der Waals surface area contributed by atoms with E-state index in [0.717, 1.165) is 18.4 Å². The summed E-state index contributed by atoms with van der Waals surface area (Å²) in [7, 11) is 0. The predicted molar refractivity (Wildman–Crippen MR) is 88.3 cm³/mol. The van der Waals surface area contributed by atoms with E-state index >= 15 is 0 Å². The summed E-state index contributed by atoms with van der Waals surface area (Å²) >= 11 is 0. The molecule has 124 valence electrons. The molecule has 0 radical (unpaired) electrons. The van der Waals surface area contributed by atoms with Crippen molar-refractivity contribution < 1.29 is 13.9 Å². The molecule has 2 heterocycles. The maximum Gasteiger partial charge on any atom is 0.282 e. The van der Waals surface area contributed by atoms with Crippen LogP contribution in [0, 0.1) is 5.82 Å². The van der Waals surface area contributed by atoms with Crippen molar-refractivity contribution in [1.29, 1.82) is 0 Å². The number of nitrogens with two attached hydrogens (primary N) is 1. The second kappa shape index (κ2) is 7.08. The van der Waals surface area contributed by atoms with Gasteiger partial charge in [-0.2, -0.15) is 0 Å². The Morgan fingerprint density at radius 2 is 2.12 bits per heavy atom.